The first-order valence-electron chi connectivity index (χ1n) is 11.6. The van der Waals surface area contributed by atoms with Crippen molar-refractivity contribution < 1.29 is 4.79 Å². The largest absolute Gasteiger partial charge is 0.368 e. The van der Waals surface area contributed by atoms with Gasteiger partial charge in [-0.15, -0.1) is 0 Å². The molecule has 1 aliphatic heterocycles. The van der Waals surface area contributed by atoms with E-state index in [1.165, 1.54) is 6.08 Å². The van der Waals surface area contributed by atoms with Gasteiger partial charge in [-0.05, 0) is 49.0 Å². The zero-order chi connectivity index (χ0) is 25.2. The molecular formula is C26H25Cl2N7O. The van der Waals surface area contributed by atoms with E-state index in [0.717, 1.165) is 48.5 Å². The minimum absolute atomic E-state index is 0.0688. The molecule has 0 spiro atoms. The summed E-state index contributed by atoms with van der Waals surface area (Å²) in [5.74, 6) is 0.317. The Labute approximate surface area is 218 Å². The molecule has 0 bridgehead atoms. The number of fused-ring (bicyclic) bond motifs is 1. The van der Waals surface area contributed by atoms with E-state index in [9.17, 15) is 4.79 Å². The molecule has 0 unspecified atom stereocenters. The number of ketones is 1. The first kappa shape index (κ1) is 24.2. The number of anilines is 3. The third-order valence-corrected chi connectivity index (χ3v) is 6.90. The molecule has 1 aliphatic rings. The van der Waals surface area contributed by atoms with Crippen LogP contribution in [0.5, 0.6) is 0 Å². The van der Waals surface area contributed by atoms with Gasteiger partial charge in [0.25, 0.3) is 0 Å². The normalized spacial score (nSPS) is 14.2. The number of aromatic nitrogens is 4. The molecule has 2 aromatic carbocycles. The Morgan fingerprint density at radius 1 is 1.11 bits per heavy atom. The van der Waals surface area contributed by atoms with Crippen molar-refractivity contribution in [3.63, 3.8) is 0 Å². The Bertz CT molecular complexity index is 1440. The molecule has 0 atom stereocenters. The number of carbonyl (C=O) groups excluding carboxylic acids is 1. The molecule has 10 heteroatoms. The number of hydrogen-bond donors (Lipinski definition) is 2. The maximum absolute atomic E-state index is 11.9. The zero-order valence-corrected chi connectivity index (χ0v) is 21.3. The van der Waals surface area contributed by atoms with Crippen LogP contribution >= 0.6 is 23.2 Å². The summed E-state index contributed by atoms with van der Waals surface area (Å²) in [6, 6.07) is 11.3. The molecule has 0 saturated carbocycles. The van der Waals surface area contributed by atoms with Gasteiger partial charge in [0.05, 0.1) is 33.0 Å². The summed E-state index contributed by atoms with van der Waals surface area (Å²) in [5.41, 5.74) is 4.48. The van der Waals surface area contributed by atoms with Gasteiger partial charge in [0, 0.05) is 43.9 Å². The third kappa shape index (κ3) is 5.06. The van der Waals surface area contributed by atoms with Crippen molar-refractivity contribution in [2.45, 2.75) is 6.42 Å². The number of piperazine rings is 1. The first-order valence-corrected chi connectivity index (χ1v) is 12.3. The lowest BCUT2D eigenvalue weighted by molar-refractivity contribution is -0.114. The van der Waals surface area contributed by atoms with Gasteiger partial charge in [-0.1, -0.05) is 35.8 Å². The van der Waals surface area contributed by atoms with E-state index >= 15 is 0 Å². The molecule has 0 radical (unpaired) electrons. The van der Waals surface area contributed by atoms with Crippen molar-refractivity contribution in [3.05, 3.63) is 70.9 Å². The lowest BCUT2D eigenvalue weighted by Crippen LogP contribution is -2.44. The van der Waals surface area contributed by atoms with Gasteiger partial charge in [-0.25, -0.2) is 4.98 Å². The summed E-state index contributed by atoms with van der Waals surface area (Å²) < 4.78 is 0. The number of aromatic amines is 1. The van der Waals surface area contributed by atoms with Crippen LogP contribution in [0, 0.1) is 0 Å². The number of H-pyrrole nitrogens is 1. The fourth-order valence-electron chi connectivity index (χ4n) is 4.24. The molecule has 0 amide bonds. The fraction of sp³-hybridized carbons (Fsp3) is 0.231. The molecule has 0 aliphatic carbocycles. The molecule has 3 heterocycles. The van der Waals surface area contributed by atoms with Gasteiger partial charge in [0.1, 0.15) is 0 Å². The van der Waals surface area contributed by atoms with Crippen LogP contribution in [0.4, 0.5) is 17.3 Å². The van der Waals surface area contributed by atoms with Crippen LogP contribution in [0.15, 0.2) is 55.3 Å². The van der Waals surface area contributed by atoms with Crippen molar-refractivity contribution >= 4 is 57.3 Å². The van der Waals surface area contributed by atoms with Crippen molar-refractivity contribution in [1.29, 1.82) is 0 Å². The number of likely N-dealkylation sites (N-methyl/N-ethyl adjacent to an activating group) is 1. The van der Waals surface area contributed by atoms with Crippen LogP contribution < -0.4 is 10.2 Å². The Morgan fingerprint density at radius 3 is 2.67 bits per heavy atom. The number of hydrogen-bond acceptors (Lipinski definition) is 7. The van der Waals surface area contributed by atoms with Crippen molar-refractivity contribution in [2.75, 3.05) is 43.4 Å². The van der Waals surface area contributed by atoms with Gasteiger partial charge in [0.15, 0.2) is 11.4 Å². The molecule has 2 N–H and O–H groups in total. The van der Waals surface area contributed by atoms with Crippen LogP contribution in [0.1, 0.15) is 5.56 Å². The van der Waals surface area contributed by atoms with E-state index < -0.39 is 0 Å². The highest BCUT2D eigenvalue weighted by atomic mass is 35.5. The summed E-state index contributed by atoms with van der Waals surface area (Å²) in [5, 5.41) is 12.3. The summed E-state index contributed by atoms with van der Waals surface area (Å²) in [6.07, 6.45) is 3.22. The quantitative estimate of drug-likeness (QED) is 0.326. The van der Waals surface area contributed by atoms with E-state index in [1.54, 1.807) is 12.3 Å². The predicted octanol–water partition coefficient (Wildman–Crippen LogP) is 5.12. The predicted molar refractivity (Wildman–Crippen MR) is 145 cm³/mol. The standard InChI is InChI=1S/C26H25Cl2N7O/c1-3-18(36)12-16-4-6-21(27)19(13-16)24-20-15-29-33-25(20)32-26(31-24)30-17-5-7-22(28)23(14-17)35-10-8-34(2)9-11-35/h3-7,13-15H,1,8-12H2,2H3,(H2,29,30,31,32,33). The maximum Gasteiger partial charge on any atom is 0.229 e. The molecular weight excluding hydrogens is 497 g/mol. The molecule has 8 nitrogen and oxygen atoms in total. The SMILES string of the molecule is C=CC(=O)Cc1ccc(Cl)c(-c2nc(Nc3ccc(Cl)c(N4CCN(C)CC4)c3)nc3[nH]ncc23)c1. The van der Waals surface area contributed by atoms with Crippen LogP contribution in [0.2, 0.25) is 10.0 Å². The average Bonchev–Trinajstić information content (AvgIpc) is 3.35. The molecule has 5 rings (SSSR count). The molecule has 1 saturated heterocycles. The Kier molecular flexibility index (Phi) is 6.91. The van der Waals surface area contributed by atoms with Crippen LogP contribution in [-0.2, 0) is 11.2 Å². The van der Waals surface area contributed by atoms with E-state index in [2.05, 4.69) is 43.9 Å². The second-order valence-electron chi connectivity index (χ2n) is 8.77. The van der Waals surface area contributed by atoms with Crippen molar-refractivity contribution in [2.24, 2.45) is 0 Å². The van der Waals surface area contributed by atoms with Gasteiger partial charge < -0.3 is 15.1 Å². The monoisotopic (exact) mass is 521 g/mol. The summed E-state index contributed by atoms with van der Waals surface area (Å²) >= 11 is 13.1. The summed E-state index contributed by atoms with van der Waals surface area (Å²) in [4.78, 5) is 25.9. The van der Waals surface area contributed by atoms with Crippen LogP contribution in [0.25, 0.3) is 22.3 Å². The number of benzene rings is 2. The van der Waals surface area contributed by atoms with Crippen LogP contribution in [0.3, 0.4) is 0 Å². The smallest absolute Gasteiger partial charge is 0.229 e. The maximum atomic E-state index is 11.9. The van der Waals surface area contributed by atoms with Gasteiger partial charge >= 0.3 is 0 Å². The van der Waals surface area contributed by atoms with Crippen LogP contribution in [-0.4, -0.2) is 64.1 Å². The minimum atomic E-state index is -0.0688. The topological polar surface area (TPSA) is 90.0 Å². The van der Waals surface area contributed by atoms with Crippen molar-refractivity contribution in [3.8, 4) is 11.3 Å². The third-order valence-electron chi connectivity index (χ3n) is 6.25. The van der Waals surface area contributed by atoms with Crippen molar-refractivity contribution in [1.82, 2.24) is 25.1 Å². The van der Waals surface area contributed by atoms with Gasteiger partial charge in [-0.3, -0.25) is 9.89 Å². The zero-order valence-electron chi connectivity index (χ0n) is 19.8. The lowest BCUT2D eigenvalue weighted by atomic mass is 10.0. The number of nitrogens with one attached hydrogen (secondary N) is 2. The molecule has 1 fully saturated rings. The first-order chi connectivity index (χ1) is 17.4. The minimum Gasteiger partial charge on any atom is -0.368 e. The lowest BCUT2D eigenvalue weighted by Gasteiger charge is -2.34. The Balaban J connectivity index is 1.50. The molecule has 184 valence electrons. The van der Waals surface area contributed by atoms with Gasteiger partial charge in [-0.2, -0.15) is 10.1 Å². The van der Waals surface area contributed by atoms with E-state index in [0.29, 0.717) is 32.9 Å². The second kappa shape index (κ2) is 10.3. The molecule has 36 heavy (non-hydrogen) atoms. The number of halogens is 2. The number of allylic oxidation sites excluding steroid dienone is 1. The molecule has 2 aromatic heterocycles. The number of nitrogens with zero attached hydrogens (tertiary/aromatic N) is 5. The Morgan fingerprint density at radius 2 is 1.89 bits per heavy atom. The average molecular weight is 522 g/mol. The number of rotatable bonds is 7. The summed E-state index contributed by atoms with van der Waals surface area (Å²) in [7, 11) is 2.12. The Hall–Kier alpha value is -3.46. The summed E-state index contributed by atoms with van der Waals surface area (Å²) in [6.45, 7) is 7.33. The van der Waals surface area contributed by atoms with Gasteiger partial charge in [0.2, 0.25) is 5.95 Å². The highest BCUT2D eigenvalue weighted by Crippen LogP contribution is 2.34. The highest BCUT2D eigenvalue weighted by Gasteiger charge is 2.19. The van der Waals surface area contributed by atoms with E-state index in [-0.39, 0.29) is 12.2 Å². The molecule has 4 aromatic rings. The van der Waals surface area contributed by atoms with E-state index in [1.807, 2.05) is 30.3 Å². The second-order valence-corrected chi connectivity index (χ2v) is 9.59. The highest BCUT2D eigenvalue weighted by molar-refractivity contribution is 6.34. The number of carbonyl (C=O) groups is 1. The van der Waals surface area contributed by atoms with E-state index in [4.69, 9.17) is 28.2 Å². The fourth-order valence-corrected chi connectivity index (χ4v) is 4.69.